The van der Waals surface area contributed by atoms with E-state index in [0.29, 0.717) is 31.1 Å². The molecule has 1 aliphatic rings. The van der Waals surface area contributed by atoms with Crippen LogP contribution >= 0.6 is 12.2 Å². The fourth-order valence-corrected chi connectivity index (χ4v) is 1.76. The Hall–Kier alpha value is -0.940. The van der Waals surface area contributed by atoms with Crippen LogP contribution in [0.25, 0.3) is 0 Å². The minimum absolute atomic E-state index is 0.0219. The summed E-state index contributed by atoms with van der Waals surface area (Å²) >= 11 is 4.80. The molecule has 1 rings (SSSR count). The minimum atomic E-state index is -0.286. The summed E-state index contributed by atoms with van der Waals surface area (Å²) in [5, 5.41) is 0. The van der Waals surface area contributed by atoms with Gasteiger partial charge in [-0.2, -0.15) is 0 Å². The first-order valence-electron chi connectivity index (χ1n) is 5.44. The van der Waals surface area contributed by atoms with E-state index in [2.05, 4.69) is 6.58 Å². The van der Waals surface area contributed by atoms with Crippen molar-refractivity contribution < 1.29 is 9.53 Å². The van der Waals surface area contributed by atoms with Crippen LogP contribution in [-0.4, -0.2) is 41.6 Å². The lowest BCUT2D eigenvalue weighted by Crippen LogP contribution is -2.40. The average molecular weight is 242 g/mol. The Morgan fingerprint density at radius 2 is 2.44 bits per heavy atom. The zero-order valence-corrected chi connectivity index (χ0v) is 10.2. The van der Waals surface area contributed by atoms with Gasteiger partial charge in [-0.1, -0.05) is 18.3 Å². The average Bonchev–Trinajstić information content (AvgIpc) is 2.76. The highest BCUT2D eigenvalue weighted by atomic mass is 32.1. The van der Waals surface area contributed by atoms with Crippen LogP contribution in [0.15, 0.2) is 12.7 Å². The number of ether oxygens (including phenoxy) is 1. The van der Waals surface area contributed by atoms with E-state index in [1.165, 1.54) is 0 Å². The monoisotopic (exact) mass is 242 g/mol. The highest BCUT2D eigenvalue weighted by Crippen LogP contribution is 2.14. The Morgan fingerprint density at radius 3 is 2.94 bits per heavy atom. The number of hydrogen-bond acceptors (Lipinski definition) is 3. The normalized spacial score (nSPS) is 19.4. The molecule has 1 aliphatic heterocycles. The van der Waals surface area contributed by atoms with Crippen LogP contribution in [0, 0.1) is 0 Å². The summed E-state index contributed by atoms with van der Waals surface area (Å²) in [5.41, 5.74) is 5.43. The molecule has 0 spiro atoms. The fraction of sp³-hybridized carbons (Fsp3) is 0.636. The summed E-state index contributed by atoms with van der Waals surface area (Å²) in [7, 11) is 0. The van der Waals surface area contributed by atoms with Crippen LogP contribution in [0.4, 0.5) is 0 Å². The second kappa shape index (κ2) is 6.60. The number of carbonyl (C=O) groups is 1. The smallest absolute Gasteiger partial charge is 0.251 e. The summed E-state index contributed by atoms with van der Waals surface area (Å²) in [6.07, 6.45) is 3.72. The molecule has 1 saturated heterocycles. The van der Waals surface area contributed by atoms with Crippen molar-refractivity contribution in [1.29, 1.82) is 0 Å². The van der Waals surface area contributed by atoms with Crippen LogP contribution < -0.4 is 5.73 Å². The molecule has 16 heavy (non-hydrogen) atoms. The second-order valence-electron chi connectivity index (χ2n) is 3.79. The van der Waals surface area contributed by atoms with Gasteiger partial charge in [0.15, 0.2) is 0 Å². The predicted octanol–water partition coefficient (Wildman–Crippen LogP) is 0.856. The van der Waals surface area contributed by atoms with E-state index >= 15 is 0 Å². The van der Waals surface area contributed by atoms with Gasteiger partial charge in [0.2, 0.25) is 0 Å². The molecule has 0 aliphatic carbocycles. The van der Waals surface area contributed by atoms with Gasteiger partial charge in [0.05, 0.1) is 4.99 Å². The number of carbonyl (C=O) groups excluding carboxylic acids is 1. The molecule has 90 valence electrons. The van der Waals surface area contributed by atoms with E-state index in [4.69, 9.17) is 22.7 Å². The largest absolute Gasteiger partial charge is 0.393 e. The Balaban J connectivity index is 2.49. The van der Waals surface area contributed by atoms with Crippen LogP contribution in [0.5, 0.6) is 0 Å². The van der Waals surface area contributed by atoms with Gasteiger partial charge in [-0.3, -0.25) is 4.79 Å². The van der Waals surface area contributed by atoms with Crippen LogP contribution in [0.2, 0.25) is 0 Å². The molecule has 0 aromatic rings. The van der Waals surface area contributed by atoms with Gasteiger partial charge in [-0.15, -0.1) is 6.58 Å². The zero-order chi connectivity index (χ0) is 12.0. The predicted molar refractivity (Wildman–Crippen MR) is 67.2 cm³/mol. The second-order valence-corrected chi connectivity index (χ2v) is 4.32. The van der Waals surface area contributed by atoms with E-state index in [1.807, 2.05) is 0 Å². The third-order valence-electron chi connectivity index (χ3n) is 2.49. The Morgan fingerprint density at radius 1 is 1.69 bits per heavy atom. The molecule has 0 aromatic carbocycles. The number of rotatable bonds is 6. The maximum absolute atomic E-state index is 12.0. The van der Waals surface area contributed by atoms with Crippen LogP contribution in [0.3, 0.4) is 0 Å². The van der Waals surface area contributed by atoms with Crippen LogP contribution in [-0.2, 0) is 9.53 Å². The SMILES string of the molecule is C=CCN(CCC(N)=S)C(=O)C1CCCO1. The lowest BCUT2D eigenvalue weighted by Gasteiger charge is -2.23. The first-order valence-corrected chi connectivity index (χ1v) is 5.85. The summed E-state index contributed by atoms with van der Waals surface area (Å²) < 4.78 is 5.36. The van der Waals surface area contributed by atoms with Crippen molar-refractivity contribution in [1.82, 2.24) is 4.90 Å². The molecule has 0 saturated carbocycles. The molecule has 1 fully saturated rings. The van der Waals surface area contributed by atoms with Gasteiger partial charge in [0.25, 0.3) is 5.91 Å². The number of nitrogens with zero attached hydrogens (tertiary/aromatic N) is 1. The summed E-state index contributed by atoms with van der Waals surface area (Å²) in [6.45, 7) is 5.37. The van der Waals surface area contributed by atoms with E-state index in [1.54, 1.807) is 11.0 Å². The molecule has 0 radical (unpaired) electrons. The number of nitrogens with two attached hydrogens (primary N) is 1. The molecule has 1 heterocycles. The topological polar surface area (TPSA) is 55.6 Å². The molecule has 0 bridgehead atoms. The first-order chi connectivity index (χ1) is 7.65. The van der Waals surface area contributed by atoms with Gasteiger partial charge >= 0.3 is 0 Å². The van der Waals surface area contributed by atoms with E-state index in [0.717, 1.165) is 12.8 Å². The minimum Gasteiger partial charge on any atom is -0.393 e. The molecular weight excluding hydrogens is 224 g/mol. The molecule has 1 amide bonds. The third-order valence-corrected chi connectivity index (χ3v) is 2.70. The molecule has 1 atom stereocenters. The molecule has 5 heteroatoms. The van der Waals surface area contributed by atoms with Crippen molar-refractivity contribution in [3.05, 3.63) is 12.7 Å². The van der Waals surface area contributed by atoms with Crippen molar-refractivity contribution in [2.75, 3.05) is 19.7 Å². The van der Waals surface area contributed by atoms with E-state index < -0.39 is 0 Å². The van der Waals surface area contributed by atoms with Crippen molar-refractivity contribution in [2.24, 2.45) is 5.73 Å². The van der Waals surface area contributed by atoms with Gasteiger partial charge in [-0.05, 0) is 12.8 Å². The van der Waals surface area contributed by atoms with Gasteiger partial charge < -0.3 is 15.4 Å². The standard InChI is InChI=1S/C11H18N2O2S/c1-2-6-13(7-5-10(12)16)11(14)9-4-3-8-15-9/h2,9H,1,3-8H2,(H2,12,16). The van der Waals surface area contributed by atoms with Crippen molar-refractivity contribution in [3.63, 3.8) is 0 Å². The fourth-order valence-electron chi connectivity index (χ4n) is 1.67. The van der Waals surface area contributed by atoms with Gasteiger partial charge in [-0.25, -0.2) is 0 Å². The number of thiocarbonyl (C=S) groups is 1. The maximum Gasteiger partial charge on any atom is 0.251 e. The lowest BCUT2D eigenvalue weighted by atomic mass is 10.2. The van der Waals surface area contributed by atoms with E-state index in [-0.39, 0.29) is 12.0 Å². The quantitative estimate of drug-likeness (QED) is 0.554. The third kappa shape index (κ3) is 3.90. The lowest BCUT2D eigenvalue weighted by molar-refractivity contribution is -0.140. The number of hydrogen-bond donors (Lipinski definition) is 1. The highest BCUT2D eigenvalue weighted by molar-refractivity contribution is 7.80. The zero-order valence-electron chi connectivity index (χ0n) is 9.35. The van der Waals surface area contributed by atoms with Gasteiger partial charge in [0, 0.05) is 26.1 Å². The Labute approximate surface area is 101 Å². The summed E-state index contributed by atoms with van der Waals surface area (Å²) in [5.74, 6) is 0.0219. The van der Waals surface area contributed by atoms with Gasteiger partial charge in [0.1, 0.15) is 6.10 Å². The Bertz CT molecular complexity index is 275. The Kier molecular flexibility index (Phi) is 5.42. The van der Waals surface area contributed by atoms with Crippen molar-refractivity contribution in [2.45, 2.75) is 25.4 Å². The van der Waals surface area contributed by atoms with Crippen molar-refractivity contribution in [3.8, 4) is 0 Å². The highest BCUT2D eigenvalue weighted by Gasteiger charge is 2.27. The summed E-state index contributed by atoms with van der Waals surface area (Å²) in [4.78, 5) is 14.1. The first kappa shape index (κ1) is 13.1. The molecule has 4 nitrogen and oxygen atoms in total. The number of amides is 1. The molecule has 0 aromatic heterocycles. The molecular formula is C11H18N2O2S. The molecule has 1 unspecified atom stereocenters. The molecule has 2 N–H and O–H groups in total. The maximum atomic E-state index is 12.0. The summed E-state index contributed by atoms with van der Waals surface area (Å²) in [6, 6.07) is 0. The van der Waals surface area contributed by atoms with Crippen molar-refractivity contribution >= 4 is 23.1 Å². The van der Waals surface area contributed by atoms with Crippen LogP contribution in [0.1, 0.15) is 19.3 Å². The van der Waals surface area contributed by atoms with E-state index in [9.17, 15) is 4.79 Å².